The Morgan fingerprint density at radius 1 is 1.11 bits per heavy atom. The zero-order valence-corrected chi connectivity index (χ0v) is 15.7. The van der Waals surface area contributed by atoms with Crippen molar-refractivity contribution in [1.82, 2.24) is 24.1 Å². The average Bonchev–Trinajstić information content (AvgIpc) is 3.19. The lowest BCUT2D eigenvalue weighted by molar-refractivity contribution is 0.102. The summed E-state index contributed by atoms with van der Waals surface area (Å²) in [7, 11) is 2.90. The molecule has 0 spiro atoms. The molecule has 0 atom stereocenters. The highest BCUT2D eigenvalue weighted by atomic mass is 32.1. The first-order valence-corrected chi connectivity index (χ1v) is 9.07. The summed E-state index contributed by atoms with van der Waals surface area (Å²) in [6.07, 6.45) is 3.36. The van der Waals surface area contributed by atoms with Gasteiger partial charge in [-0.15, -0.1) is 11.3 Å². The molecule has 0 aliphatic carbocycles. The zero-order chi connectivity index (χ0) is 19.8. The second-order valence-corrected chi connectivity index (χ2v) is 6.87. The van der Waals surface area contributed by atoms with Crippen LogP contribution in [-0.2, 0) is 14.1 Å². The number of pyridine rings is 2. The summed E-state index contributed by atoms with van der Waals surface area (Å²) >= 11 is 1.27. The van der Waals surface area contributed by atoms with Crippen LogP contribution in [0.2, 0.25) is 0 Å². The van der Waals surface area contributed by atoms with E-state index in [9.17, 15) is 14.4 Å². The molecule has 4 aromatic rings. The van der Waals surface area contributed by atoms with E-state index < -0.39 is 17.2 Å². The van der Waals surface area contributed by atoms with Gasteiger partial charge in [0.25, 0.3) is 11.5 Å². The summed E-state index contributed by atoms with van der Waals surface area (Å²) in [5.74, 6) is -0.484. The van der Waals surface area contributed by atoms with Crippen molar-refractivity contribution in [2.45, 2.75) is 0 Å². The van der Waals surface area contributed by atoms with Crippen LogP contribution in [0.1, 0.15) is 10.5 Å². The number of carbonyl (C=O) groups excluding carboxylic acids is 1. The fourth-order valence-corrected chi connectivity index (χ4v) is 3.43. The van der Waals surface area contributed by atoms with E-state index in [-0.39, 0.29) is 16.7 Å². The molecule has 4 heterocycles. The SMILES string of the molecule is Cn1c(=O)c2ccc(C(=O)Nc3nc(-c4cccnc4)cs3)nc2n(C)c1=O. The minimum atomic E-state index is -0.511. The molecule has 0 saturated heterocycles. The van der Waals surface area contributed by atoms with Crippen LogP contribution in [0.5, 0.6) is 0 Å². The van der Waals surface area contributed by atoms with Crippen LogP contribution in [0.4, 0.5) is 5.13 Å². The predicted molar refractivity (Wildman–Crippen MR) is 106 cm³/mol. The van der Waals surface area contributed by atoms with Gasteiger partial charge in [0.15, 0.2) is 5.13 Å². The third-order valence-corrected chi connectivity index (χ3v) is 4.97. The second-order valence-electron chi connectivity index (χ2n) is 6.01. The maximum Gasteiger partial charge on any atom is 0.332 e. The van der Waals surface area contributed by atoms with Gasteiger partial charge in [-0.2, -0.15) is 0 Å². The molecule has 1 N–H and O–H groups in total. The number of rotatable bonds is 3. The number of hydrogen-bond donors (Lipinski definition) is 1. The van der Waals surface area contributed by atoms with Gasteiger partial charge in [-0.3, -0.25) is 29.0 Å². The highest BCUT2D eigenvalue weighted by Gasteiger charge is 2.15. The third-order valence-electron chi connectivity index (χ3n) is 4.22. The van der Waals surface area contributed by atoms with Gasteiger partial charge in [-0.05, 0) is 24.3 Å². The van der Waals surface area contributed by atoms with Crippen LogP contribution < -0.4 is 16.6 Å². The molecular formula is C18H14N6O3S. The van der Waals surface area contributed by atoms with Crippen LogP contribution in [0.15, 0.2) is 51.6 Å². The molecule has 0 bridgehead atoms. The summed E-state index contributed by atoms with van der Waals surface area (Å²) in [5, 5.41) is 5.17. The molecule has 0 radical (unpaired) electrons. The summed E-state index contributed by atoms with van der Waals surface area (Å²) < 4.78 is 2.23. The Morgan fingerprint density at radius 3 is 2.68 bits per heavy atom. The first kappa shape index (κ1) is 17.7. The predicted octanol–water partition coefficient (Wildman–Crippen LogP) is 1.40. The Kier molecular flexibility index (Phi) is 4.32. The van der Waals surface area contributed by atoms with Gasteiger partial charge in [0.2, 0.25) is 0 Å². The molecule has 9 nitrogen and oxygen atoms in total. The summed E-state index contributed by atoms with van der Waals surface area (Å²) in [4.78, 5) is 49.5. The quantitative estimate of drug-likeness (QED) is 0.562. The molecule has 0 unspecified atom stereocenters. The molecular weight excluding hydrogens is 380 g/mol. The average molecular weight is 394 g/mol. The number of amides is 1. The Hall–Kier alpha value is -3.66. The Labute approximate surface area is 162 Å². The number of fused-ring (bicyclic) bond motifs is 1. The van der Waals surface area contributed by atoms with Crippen LogP contribution >= 0.6 is 11.3 Å². The van der Waals surface area contributed by atoms with Crippen molar-refractivity contribution in [2.75, 3.05) is 5.32 Å². The molecule has 10 heteroatoms. The normalized spacial score (nSPS) is 10.9. The summed E-state index contributed by atoms with van der Waals surface area (Å²) in [6, 6.07) is 6.61. The van der Waals surface area contributed by atoms with Crippen molar-refractivity contribution in [1.29, 1.82) is 0 Å². The van der Waals surface area contributed by atoms with Gasteiger partial charge in [0, 0.05) is 37.4 Å². The van der Waals surface area contributed by atoms with E-state index in [1.54, 1.807) is 18.5 Å². The van der Waals surface area contributed by atoms with Gasteiger partial charge in [0.05, 0.1) is 11.1 Å². The van der Waals surface area contributed by atoms with E-state index in [4.69, 9.17) is 0 Å². The lowest BCUT2D eigenvalue weighted by atomic mass is 10.2. The Morgan fingerprint density at radius 2 is 1.93 bits per heavy atom. The molecule has 0 aliphatic heterocycles. The molecule has 1 amide bonds. The number of anilines is 1. The largest absolute Gasteiger partial charge is 0.332 e. The first-order valence-electron chi connectivity index (χ1n) is 8.20. The fourth-order valence-electron chi connectivity index (χ4n) is 2.72. The molecule has 28 heavy (non-hydrogen) atoms. The van der Waals surface area contributed by atoms with Crippen molar-refractivity contribution < 1.29 is 4.79 Å². The third kappa shape index (κ3) is 2.99. The van der Waals surface area contributed by atoms with Crippen LogP contribution in [0, 0.1) is 0 Å². The van der Waals surface area contributed by atoms with Crippen molar-refractivity contribution in [3.63, 3.8) is 0 Å². The van der Waals surface area contributed by atoms with Crippen molar-refractivity contribution in [2.24, 2.45) is 14.1 Å². The number of nitrogens with one attached hydrogen (secondary N) is 1. The number of thiazole rings is 1. The number of nitrogens with zero attached hydrogens (tertiary/aromatic N) is 5. The van der Waals surface area contributed by atoms with Crippen LogP contribution in [-0.4, -0.2) is 30.0 Å². The molecule has 0 aliphatic rings. The molecule has 0 aromatic carbocycles. The summed E-state index contributed by atoms with van der Waals surface area (Å²) in [5.41, 5.74) is 0.798. The van der Waals surface area contributed by atoms with Crippen molar-refractivity contribution >= 4 is 33.4 Å². The lowest BCUT2D eigenvalue weighted by Gasteiger charge is -2.08. The smallest absolute Gasteiger partial charge is 0.296 e. The standard InChI is InChI=1S/C18H14N6O3S/c1-23-14-11(16(26)24(2)18(23)27)5-6-12(20-14)15(25)22-17-21-13(9-28-17)10-4-3-7-19-8-10/h3-9H,1-2H3,(H,21,22,25). The molecule has 140 valence electrons. The minimum absolute atomic E-state index is 0.0777. The summed E-state index contributed by atoms with van der Waals surface area (Å²) in [6.45, 7) is 0. The highest BCUT2D eigenvalue weighted by molar-refractivity contribution is 7.14. The first-order chi connectivity index (χ1) is 13.5. The monoisotopic (exact) mass is 394 g/mol. The minimum Gasteiger partial charge on any atom is -0.296 e. The van der Waals surface area contributed by atoms with E-state index in [2.05, 4.69) is 20.3 Å². The van der Waals surface area contributed by atoms with Gasteiger partial charge in [-0.1, -0.05) is 0 Å². The molecule has 0 saturated carbocycles. The molecule has 4 rings (SSSR count). The van der Waals surface area contributed by atoms with E-state index >= 15 is 0 Å². The van der Waals surface area contributed by atoms with E-state index in [0.29, 0.717) is 10.8 Å². The van der Waals surface area contributed by atoms with E-state index in [1.807, 2.05) is 11.4 Å². The van der Waals surface area contributed by atoms with Crippen LogP contribution in [0.3, 0.4) is 0 Å². The maximum absolute atomic E-state index is 12.6. The van der Waals surface area contributed by atoms with Gasteiger partial charge < -0.3 is 0 Å². The molecule has 0 fully saturated rings. The van der Waals surface area contributed by atoms with Gasteiger partial charge in [0.1, 0.15) is 11.3 Å². The van der Waals surface area contributed by atoms with Gasteiger partial charge >= 0.3 is 5.69 Å². The van der Waals surface area contributed by atoms with Crippen LogP contribution in [0.25, 0.3) is 22.3 Å². The van der Waals surface area contributed by atoms with E-state index in [0.717, 1.165) is 10.1 Å². The number of hydrogen-bond acceptors (Lipinski definition) is 7. The maximum atomic E-state index is 12.6. The van der Waals surface area contributed by atoms with E-state index in [1.165, 1.54) is 42.1 Å². The number of aryl methyl sites for hydroxylation is 1. The Balaban J connectivity index is 1.66. The van der Waals surface area contributed by atoms with Crippen molar-refractivity contribution in [3.05, 3.63) is 68.6 Å². The fraction of sp³-hybridized carbons (Fsp3) is 0.111. The number of aromatic nitrogens is 5. The second kappa shape index (κ2) is 6.82. The number of carbonyl (C=O) groups is 1. The molecule has 4 aromatic heterocycles. The topological polar surface area (TPSA) is 112 Å². The highest BCUT2D eigenvalue weighted by Crippen LogP contribution is 2.24. The lowest BCUT2D eigenvalue weighted by Crippen LogP contribution is -2.37. The Bertz CT molecular complexity index is 1320. The zero-order valence-electron chi connectivity index (χ0n) is 14.9. The van der Waals surface area contributed by atoms with Crippen molar-refractivity contribution in [3.8, 4) is 11.3 Å². The van der Waals surface area contributed by atoms with Gasteiger partial charge in [-0.25, -0.2) is 14.8 Å².